The van der Waals surface area contributed by atoms with Crippen molar-refractivity contribution >= 4 is 11.9 Å². The van der Waals surface area contributed by atoms with Crippen molar-refractivity contribution in [1.82, 2.24) is 5.32 Å². The quantitative estimate of drug-likeness (QED) is 0.678. The normalized spacial score (nSPS) is 24.3. The summed E-state index contributed by atoms with van der Waals surface area (Å²) in [7, 11) is 1.66. The van der Waals surface area contributed by atoms with Crippen molar-refractivity contribution in [3.05, 3.63) is 0 Å². The van der Waals surface area contributed by atoms with Crippen LogP contribution in [0, 0.1) is 0 Å². The van der Waals surface area contributed by atoms with Crippen LogP contribution in [0.4, 0.5) is 0 Å². The van der Waals surface area contributed by atoms with Crippen molar-refractivity contribution < 1.29 is 19.4 Å². The summed E-state index contributed by atoms with van der Waals surface area (Å²) in [6.45, 7) is 0. The summed E-state index contributed by atoms with van der Waals surface area (Å²) in [5.41, 5.74) is 0. The fourth-order valence-corrected chi connectivity index (χ4v) is 1.58. The van der Waals surface area contributed by atoms with Crippen molar-refractivity contribution in [2.24, 2.45) is 0 Å². The van der Waals surface area contributed by atoms with Crippen LogP contribution >= 0.6 is 0 Å². The molecule has 0 aromatic carbocycles. The molecule has 1 rings (SSSR count). The molecule has 1 amide bonds. The Morgan fingerprint density at radius 2 is 2.07 bits per heavy atom. The maximum absolute atomic E-state index is 11.3. The number of aliphatic carboxylic acids is 1. The predicted molar refractivity (Wildman–Crippen MR) is 53.4 cm³/mol. The molecule has 1 aliphatic carbocycles. The van der Waals surface area contributed by atoms with E-state index in [1.54, 1.807) is 7.11 Å². The highest BCUT2D eigenvalue weighted by Gasteiger charge is 2.29. The molecule has 0 radical (unpaired) electrons. The number of carbonyl (C=O) groups is 2. The topological polar surface area (TPSA) is 75.6 Å². The van der Waals surface area contributed by atoms with Gasteiger partial charge < -0.3 is 15.2 Å². The van der Waals surface area contributed by atoms with Crippen LogP contribution in [0.5, 0.6) is 0 Å². The van der Waals surface area contributed by atoms with Gasteiger partial charge in [0.25, 0.3) is 0 Å². The van der Waals surface area contributed by atoms with Crippen LogP contribution in [0.1, 0.15) is 32.1 Å². The lowest BCUT2D eigenvalue weighted by atomic mass is 9.89. The molecule has 1 aliphatic rings. The first-order valence-electron chi connectivity index (χ1n) is 5.15. The van der Waals surface area contributed by atoms with Gasteiger partial charge in [-0.2, -0.15) is 0 Å². The number of hydrogen-bond donors (Lipinski definition) is 2. The van der Waals surface area contributed by atoms with E-state index >= 15 is 0 Å². The maximum atomic E-state index is 11.3. The first kappa shape index (κ1) is 12.0. The summed E-state index contributed by atoms with van der Waals surface area (Å²) in [6.07, 6.45) is 2.75. The Morgan fingerprint density at radius 1 is 1.40 bits per heavy atom. The number of hydrogen-bond acceptors (Lipinski definition) is 3. The molecule has 0 aliphatic heterocycles. The standard InChI is InChI=1S/C10H17NO4/c1-15-8-5-7(6-8)11-9(12)3-2-4-10(13)14/h7-8H,2-6H2,1H3,(H,11,12)(H,13,14). The van der Waals surface area contributed by atoms with Gasteiger partial charge in [0.2, 0.25) is 5.91 Å². The average molecular weight is 215 g/mol. The molecule has 5 nitrogen and oxygen atoms in total. The van der Waals surface area contributed by atoms with Gasteiger partial charge in [0.15, 0.2) is 0 Å². The molecular formula is C10H17NO4. The fraction of sp³-hybridized carbons (Fsp3) is 0.800. The van der Waals surface area contributed by atoms with Crippen molar-refractivity contribution in [1.29, 1.82) is 0 Å². The molecule has 0 spiro atoms. The highest BCUT2D eigenvalue weighted by Crippen LogP contribution is 2.22. The maximum Gasteiger partial charge on any atom is 0.303 e. The molecule has 1 saturated carbocycles. The van der Waals surface area contributed by atoms with Crippen molar-refractivity contribution in [3.8, 4) is 0 Å². The lowest BCUT2D eigenvalue weighted by Crippen LogP contribution is -2.47. The van der Waals surface area contributed by atoms with Crippen molar-refractivity contribution in [2.45, 2.75) is 44.2 Å². The minimum absolute atomic E-state index is 0.0543. The zero-order valence-electron chi connectivity index (χ0n) is 8.86. The van der Waals surface area contributed by atoms with E-state index < -0.39 is 5.97 Å². The van der Waals surface area contributed by atoms with Crippen LogP contribution in [0.3, 0.4) is 0 Å². The average Bonchev–Trinajstić information content (AvgIpc) is 2.09. The van der Waals surface area contributed by atoms with Gasteiger partial charge in [0, 0.05) is 26.0 Å². The minimum Gasteiger partial charge on any atom is -0.481 e. The first-order chi connectivity index (χ1) is 7.11. The molecule has 0 atom stereocenters. The zero-order chi connectivity index (χ0) is 11.3. The largest absolute Gasteiger partial charge is 0.481 e. The number of nitrogens with one attached hydrogen (secondary N) is 1. The van der Waals surface area contributed by atoms with Crippen LogP contribution in [0.25, 0.3) is 0 Å². The first-order valence-corrected chi connectivity index (χ1v) is 5.15. The highest BCUT2D eigenvalue weighted by molar-refractivity contribution is 5.77. The second kappa shape index (κ2) is 5.70. The summed E-state index contributed by atoms with van der Waals surface area (Å²) in [4.78, 5) is 21.5. The third-order valence-corrected chi connectivity index (χ3v) is 2.59. The Labute approximate surface area is 88.8 Å². The van der Waals surface area contributed by atoms with Gasteiger partial charge in [-0.25, -0.2) is 0 Å². The predicted octanol–water partition coefficient (Wildman–Crippen LogP) is 0.535. The summed E-state index contributed by atoms with van der Waals surface area (Å²) in [5, 5.41) is 11.2. The van der Waals surface area contributed by atoms with Crippen LogP contribution in [-0.2, 0) is 14.3 Å². The number of carbonyl (C=O) groups excluding carboxylic acids is 1. The SMILES string of the molecule is COC1CC(NC(=O)CCCC(=O)O)C1. The molecule has 5 heteroatoms. The van der Waals surface area contributed by atoms with Gasteiger partial charge in [-0.05, 0) is 19.3 Å². The van der Waals surface area contributed by atoms with Crippen LogP contribution in [-0.4, -0.2) is 36.2 Å². The lowest BCUT2D eigenvalue weighted by Gasteiger charge is -2.34. The van der Waals surface area contributed by atoms with E-state index in [1.807, 2.05) is 0 Å². The molecule has 1 fully saturated rings. The Morgan fingerprint density at radius 3 is 2.60 bits per heavy atom. The third-order valence-electron chi connectivity index (χ3n) is 2.59. The molecule has 0 heterocycles. The van der Waals surface area contributed by atoms with Crippen LogP contribution < -0.4 is 5.32 Å². The van der Waals surface area contributed by atoms with Gasteiger partial charge in [-0.3, -0.25) is 9.59 Å². The summed E-state index contributed by atoms with van der Waals surface area (Å²) in [5.74, 6) is -0.915. The number of methoxy groups -OCH3 is 1. The molecule has 0 unspecified atom stereocenters. The van der Waals surface area contributed by atoms with Crippen molar-refractivity contribution in [3.63, 3.8) is 0 Å². The van der Waals surface area contributed by atoms with E-state index in [-0.39, 0.29) is 24.5 Å². The van der Waals surface area contributed by atoms with Gasteiger partial charge >= 0.3 is 5.97 Å². The summed E-state index contributed by atoms with van der Waals surface area (Å²) in [6, 6.07) is 0.215. The zero-order valence-corrected chi connectivity index (χ0v) is 8.86. The summed E-state index contributed by atoms with van der Waals surface area (Å²) < 4.78 is 5.08. The monoisotopic (exact) mass is 215 g/mol. The number of carboxylic acid groups (broad SMARTS) is 1. The molecule has 0 bridgehead atoms. The Bertz CT molecular complexity index is 236. The molecule has 86 valence electrons. The van der Waals surface area contributed by atoms with Gasteiger partial charge in [-0.1, -0.05) is 0 Å². The molecule has 15 heavy (non-hydrogen) atoms. The highest BCUT2D eigenvalue weighted by atomic mass is 16.5. The Kier molecular flexibility index (Phi) is 4.55. The second-order valence-corrected chi connectivity index (χ2v) is 3.84. The van der Waals surface area contributed by atoms with Crippen molar-refractivity contribution in [2.75, 3.05) is 7.11 Å². The number of carboxylic acids is 1. The van der Waals surface area contributed by atoms with Gasteiger partial charge in [-0.15, -0.1) is 0 Å². The van der Waals surface area contributed by atoms with E-state index in [0.717, 1.165) is 12.8 Å². The number of ether oxygens (including phenoxy) is 1. The van der Waals surface area contributed by atoms with E-state index in [9.17, 15) is 9.59 Å². The Hall–Kier alpha value is -1.10. The third kappa shape index (κ3) is 4.29. The number of rotatable bonds is 6. The minimum atomic E-state index is -0.856. The lowest BCUT2D eigenvalue weighted by molar-refractivity contribution is -0.137. The van der Waals surface area contributed by atoms with E-state index in [1.165, 1.54) is 0 Å². The summed E-state index contributed by atoms with van der Waals surface area (Å²) >= 11 is 0. The Balaban J connectivity index is 2.02. The molecule has 0 aromatic rings. The van der Waals surface area contributed by atoms with E-state index in [4.69, 9.17) is 9.84 Å². The second-order valence-electron chi connectivity index (χ2n) is 3.84. The van der Waals surface area contributed by atoms with Gasteiger partial charge in [0.1, 0.15) is 0 Å². The molecule has 2 N–H and O–H groups in total. The van der Waals surface area contributed by atoms with Gasteiger partial charge in [0.05, 0.1) is 6.10 Å². The van der Waals surface area contributed by atoms with E-state index in [2.05, 4.69) is 5.32 Å². The number of amides is 1. The molecule has 0 saturated heterocycles. The van der Waals surface area contributed by atoms with Crippen LogP contribution in [0.15, 0.2) is 0 Å². The smallest absolute Gasteiger partial charge is 0.303 e. The molecular weight excluding hydrogens is 198 g/mol. The fourth-order valence-electron chi connectivity index (χ4n) is 1.58. The molecule has 0 aromatic heterocycles. The van der Waals surface area contributed by atoms with E-state index in [0.29, 0.717) is 12.8 Å². The van der Waals surface area contributed by atoms with Crippen LogP contribution in [0.2, 0.25) is 0 Å².